The standard InChI is InChI=1S/C16H24ClN3O.ClH/c1-12-10-13(17)5-6-15(12)19-16(21)11-20-9-3-2-4-14(20)7-8-18;/h5-6,10,14H,2-4,7-9,11,18H2,1H3,(H,19,21);1H. The lowest BCUT2D eigenvalue weighted by Crippen LogP contribution is -2.44. The summed E-state index contributed by atoms with van der Waals surface area (Å²) < 4.78 is 0. The number of hydrogen-bond donors (Lipinski definition) is 2. The molecular weight excluding hydrogens is 321 g/mol. The number of aryl methyl sites for hydroxylation is 1. The first kappa shape index (κ1) is 19.2. The van der Waals surface area contributed by atoms with Gasteiger partial charge in [-0.1, -0.05) is 18.0 Å². The van der Waals surface area contributed by atoms with Gasteiger partial charge in [-0.25, -0.2) is 0 Å². The third kappa shape index (κ3) is 5.43. The van der Waals surface area contributed by atoms with Gasteiger partial charge in [0.1, 0.15) is 0 Å². The Balaban J connectivity index is 0.00000242. The van der Waals surface area contributed by atoms with Gasteiger partial charge in [-0.05, 0) is 63.0 Å². The van der Waals surface area contributed by atoms with E-state index in [1.165, 1.54) is 6.42 Å². The zero-order valence-electron chi connectivity index (χ0n) is 13.0. The van der Waals surface area contributed by atoms with E-state index in [4.69, 9.17) is 17.3 Å². The molecule has 2 rings (SSSR count). The molecule has 4 nitrogen and oxygen atoms in total. The van der Waals surface area contributed by atoms with Crippen LogP contribution in [0.25, 0.3) is 0 Å². The van der Waals surface area contributed by atoms with Crippen molar-refractivity contribution in [3.05, 3.63) is 28.8 Å². The van der Waals surface area contributed by atoms with Crippen molar-refractivity contribution in [2.45, 2.75) is 38.6 Å². The Hall–Kier alpha value is -0.810. The van der Waals surface area contributed by atoms with Crippen molar-refractivity contribution in [2.75, 3.05) is 25.0 Å². The molecular formula is C16H25Cl2N3O. The normalized spacial score (nSPS) is 18.6. The van der Waals surface area contributed by atoms with Crippen LogP contribution in [0.5, 0.6) is 0 Å². The van der Waals surface area contributed by atoms with Gasteiger partial charge in [0.25, 0.3) is 0 Å². The Morgan fingerprint density at radius 3 is 2.91 bits per heavy atom. The van der Waals surface area contributed by atoms with Gasteiger partial charge < -0.3 is 11.1 Å². The Morgan fingerprint density at radius 1 is 1.45 bits per heavy atom. The highest BCUT2D eigenvalue weighted by Gasteiger charge is 2.23. The van der Waals surface area contributed by atoms with Crippen molar-refractivity contribution < 1.29 is 4.79 Å². The predicted octanol–water partition coefficient (Wildman–Crippen LogP) is 3.21. The van der Waals surface area contributed by atoms with Gasteiger partial charge in [-0.3, -0.25) is 9.69 Å². The number of amides is 1. The van der Waals surface area contributed by atoms with Gasteiger partial charge in [-0.2, -0.15) is 0 Å². The predicted molar refractivity (Wildman–Crippen MR) is 95.0 cm³/mol. The van der Waals surface area contributed by atoms with Gasteiger partial charge >= 0.3 is 0 Å². The molecule has 0 saturated carbocycles. The van der Waals surface area contributed by atoms with E-state index in [-0.39, 0.29) is 18.3 Å². The quantitative estimate of drug-likeness (QED) is 0.861. The van der Waals surface area contributed by atoms with Crippen molar-refractivity contribution in [1.29, 1.82) is 0 Å². The van der Waals surface area contributed by atoms with Crippen LogP contribution in [0.15, 0.2) is 18.2 Å². The van der Waals surface area contributed by atoms with Gasteiger partial charge in [0.05, 0.1) is 6.54 Å². The van der Waals surface area contributed by atoms with Crippen molar-refractivity contribution in [3.63, 3.8) is 0 Å². The van der Waals surface area contributed by atoms with Crippen LogP contribution in [0.1, 0.15) is 31.2 Å². The number of likely N-dealkylation sites (tertiary alicyclic amines) is 1. The average molecular weight is 346 g/mol. The minimum absolute atomic E-state index is 0. The van der Waals surface area contributed by atoms with Crippen LogP contribution >= 0.6 is 24.0 Å². The molecule has 1 aliphatic rings. The van der Waals surface area contributed by atoms with Crippen molar-refractivity contribution >= 4 is 35.6 Å². The molecule has 0 aromatic heterocycles. The topological polar surface area (TPSA) is 58.4 Å². The molecule has 1 heterocycles. The van der Waals surface area contributed by atoms with E-state index in [1.807, 2.05) is 19.1 Å². The first-order valence-corrected chi connectivity index (χ1v) is 7.98. The first-order chi connectivity index (χ1) is 10.1. The molecule has 3 N–H and O–H groups in total. The summed E-state index contributed by atoms with van der Waals surface area (Å²) in [7, 11) is 0. The summed E-state index contributed by atoms with van der Waals surface area (Å²) in [6.07, 6.45) is 4.51. The lowest BCUT2D eigenvalue weighted by molar-refractivity contribution is -0.118. The Labute approximate surface area is 143 Å². The van der Waals surface area contributed by atoms with Gasteiger partial charge in [0.15, 0.2) is 0 Å². The van der Waals surface area contributed by atoms with E-state index in [0.29, 0.717) is 24.2 Å². The van der Waals surface area contributed by atoms with Crippen LogP contribution in [0.3, 0.4) is 0 Å². The maximum absolute atomic E-state index is 12.3. The molecule has 124 valence electrons. The molecule has 1 saturated heterocycles. The Kier molecular flexibility index (Phi) is 8.18. The van der Waals surface area contributed by atoms with Gasteiger partial charge in [0, 0.05) is 16.8 Å². The summed E-state index contributed by atoms with van der Waals surface area (Å²) in [6, 6.07) is 5.95. The highest BCUT2D eigenvalue weighted by atomic mass is 35.5. The lowest BCUT2D eigenvalue weighted by Gasteiger charge is -2.35. The number of hydrogen-bond acceptors (Lipinski definition) is 3. The Morgan fingerprint density at radius 2 is 2.23 bits per heavy atom. The van der Waals surface area contributed by atoms with Crippen LogP contribution in [0, 0.1) is 6.92 Å². The van der Waals surface area contributed by atoms with E-state index in [1.54, 1.807) is 6.07 Å². The number of rotatable bonds is 5. The number of nitrogens with two attached hydrogens (primary N) is 1. The van der Waals surface area contributed by atoms with Crippen LogP contribution in [0.2, 0.25) is 5.02 Å². The molecule has 1 fully saturated rings. The second kappa shape index (κ2) is 9.36. The summed E-state index contributed by atoms with van der Waals surface area (Å²) in [5.41, 5.74) is 7.48. The maximum Gasteiger partial charge on any atom is 0.238 e. The van der Waals surface area contributed by atoms with Crippen LogP contribution in [-0.2, 0) is 4.79 Å². The maximum atomic E-state index is 12.3. The number of nitrogens with zero attached hydrogens (tertiary/aromatic N) is 1. The number of piperidine rings is 1. The number of anilines is 1. The van der Waals surface area contributed by atoms with E-state index < -0.39 is 0 Å². The van der Waals surface area contributed by atoms with Crippen LogP contribution < -0.4 is 11.1 Å². The summed E-state index contributed by atoms with van der Waals surface area (Å²) in [6.45, 7) is 4.04. The van der Waals surface area contributed by atoms with Crippen LogP contribution in [0.4, 0.5) is 5.69 Å². The van der Waals surface area contributed by atoms with Crippen LogP contribution in [-0.4, -0.2) is 36.5 Å². The summed E-state index contributed by atoms with van der Waals surface area (Å²) >= 11 is 5.93. The number of carbonyl (C=O) groups excluding carboxylic acids is 1. The minimum atomic E-state index is 0. The molecule has 0 aliphatic carbocycles. The zero-order valence-corrected chi connectivity index (χ0v) is 14.6. The van der Waals surface area contributed by atoms with E-state index in [0.717, 1.165) is 37.1 Å². The molecule has 6 heteroatoms. The molecule has 1 unspecified atom stereocenters. The largest absolute Gasteiger partial charge is 0.330 e. The highest BCUT2D eigenvalue weighted by Crippen LogP contribution is 2.21. The molecule has 0 bridgehead atoms. The van der Waals surface area contributed by atoms with Gasteiger partial charge in [0.2, 0.25) is 5.91 Å². The van der Waals surface area contributed by atoms with Crippen molar-refractivity contribution in [3.8, 4) is 0 Å². The number of halogens is 2. The number of carbonyl (C=O) groups is 1. The van der Waals surface area contributed by atoms with E-state index >= 15 is 0 Å². The molecule has 0 spiro atoms. The average Bonchev–Trinajstić information content (AvgIpc) is 2.44. The molecule has 0 radical (unpaired) electrons. The smallest absolute Gasteiger partial charge is 0.238 e. The first-order valence-electron chi connectivity index (χ1n) is 7.60. The van der Waals surface area contributed by atoms with E-state index in [2.05, 4.69) is 10.2 Å². The monoisotopic (exact) mass is 345 g/mol. The number of benzene rings is 1. The molecule has 1 aromatic carbocycles. The molecule has 1 aromatic rings. The second-order valence-corrected chi connectivity index (χ2v) is 6.14. The molecule has 1 aliphatic heterocycles. The molecule has 1 atom stereocenters. The highest BCUT2D eigenvalue weighted by molar-refractivity contribution is 6.30. The fourth-order valence-corrected chi connectivity index (χ4v) is 3.16. The van der Waals surface area contributed by atoms with Crippen molar-refractivity contribution in [1.82, 2.24) is 4.90 Å². The third-order valence-corrected chi connectivity index (χ3v) is 4.29. The molecule has 22 heavy (non-hydrogen) atoms. The second-order valence-electron chi connectivity index (χ2n) is 5.70. The summed E-state index contributed by atoms with van der Waals surface area (Å²) in [4.78, 5) is 14.5. The SMILES string of the molecule is Cc1cc(Cl)ccc1NC(=O)CN1CCCCC1CCN.Cl. The number of nitrogens with one attached hydrogen (secondary N) is 1. The summed E-state index contributed by atoms with van der Waals surface area (Å²) in [5, 5.41) is 3.66. The minimum Gasteiger partial charge on any atom is -0.330 e. The van der Waals surface area contributed by atoms with E-state index in [9.17, 15) is 4.79 Å². The zero-order chi connectivity index (χ0) is 15.2. The van der Waals surface area contributed by atoms with Crippen molar-refractivity contribution in [2.24, 2.45) is 5.73 Å². The fraction of sp³-hybridized carbons (Fsp3) is 0.562. The fourth-order valence-electron chi connectivity index (χ4n) is 2.93. The molecule has 1 amide bonds. The third-order valence-electron chi connectivity index (χ3n) is 4.06. The summed E-state index contributed by atoms with van der Waals surface area (Å²) in [5.74, 6) is 0.0318. The Bertz CT molecular complexity index is 494. The lowest BCUT2D eigenvalue weighted by atomic mass is 9.99. The van der Waals surface area contributed by atoms with Gasteiger partial charge in [-0.15, -0.1) is 12.4 Å².